The van der Waals surface area contributed by atoms with Gasteiger partial charge in [0.2, 0.25) is 5.91 Å². The number of benzene rings is 1. The van der Waals surface area contributed by atoms with Gasteiger partial charge in [0.15, 0.2) is 5.69 Å². The molecular weight excluding hydrogens is 318 g/mol. The van der Waals surface area contributed by atoms with E-state index in [9.17, 15) is 9.59 Å². The van der Waals surface area contributed by atoms with Gasteiger partial charge in [-0.3, -0.25) is 4.79 Å². The van der Waals surface area contributed by atoms with Crippen LogP contribution in [0.15, 0.2) is 36.4 Å². The van der Waals surface area contributed by atoms with Crippen LogP contribution in [0.3, 0.4) is 0 Å². The second-order valence-electron chi connectivity index (χ2n) is 6.86. The second-order valence-corrected chi connectivity index (χ2v) is 6.86. The third-order valence-corrected chi connectivity index (χ3v) is 4.77. The first kappa shape index (κ1) is 15.9. The molecule has 2 heterocycles. The zero-order chi connectivity index (χ0) is 17.4. The lowest BCUT2D eigenvalue weighted by Gasteiger charge is -2.15. The number of esters is 1. The van der Waals surface area contributed by atoms with Gasteiger partial charge in [-0.05, 0) is 38.0 Å². The lowest BCUT2D eigenvalue weighted by molar-refractivity contribution is -0.128. The molecule has 6 nitrogen and oxygen atoms in total. The Labute approximate surface area is 146 Å². The monoisotopic (exact) mass is 339 g/mol. The summed E-state index contributed by atoms with van der Waals surface area (Å²) in [5.41, 5.74) is 2.07. The number of amides is 1. The van der Waals surface area contributed by atoms with Gasteiger partial charge in [0, 0.05) is 30.6 Å². The quantitative estimate of drug-likeness (QED) is 0.785. The molecule has 2 aliphatic rings. The van der Waals surface area contributed by atoms with Crippen molar-refractivity contribution in [2.24, 2.45) is 5.92 Å². The molecule has 0 N–H and O–H groups in total. The predicted molar refractivity (Wildman–Crippen MR) is 91.4 cm³/mol. The average molecular weight is 339 g/mol. The smallest absolute Gasteiger partial charge is 0.358 e. The number of carbonyl (C=O) groups is 2. The van der Waals surface area contributed by atoms with E-state index in [-0.39, 0.29) is 18.4 Å². The molecule has 1 aliphatic carbocycles. The van der Waals surface area contributed by atoms with Gasteiger partial charge in [-0.2, -0.15) is 5.10 Å². The SMILES string of the molecule is Cc1cc(C(=O)OCC2CC(=O)N(C3CC3)C2)nn1-c1ccccc1. The van der Waals surface area contributed by atoms with Crippen LogP contribution in [0.2, 0.25) is 0 Å². The van der Waals surface area contributed by atoms with E-state index in [2.05, 4.69) is 5.10 Å². The Morgan fingerprint density at radius 3 is 2.76 bits per heavy atom. The van der Waals surface area contributed by atoms with Gasteiger partial charge in [0.1, 0.15) is 0 Å². The van der Waals surface area contributed by atoms with Crippen molar-refractivity contribution in [3.63, 3.8) is 0 Å². The van der Waals surface area contributed by atoms with Gasteiger partial charge in [-0.1, -0.05) is 18.2 Å². The Bertz CT molecular complexity index is 796. The minimum Gasteiger partial charge on any atom is -0.461 e. The number of aryl methyl sites for hydroxylation is 1. The van der Waals surface area contributed by atoms with Gasteiger partial charge in [0.05, 0.1) is 12.3 Å². The van der Waals surface area contributed by atoms with Crippen molar-refractivity contribution < 1.29 is 14.3 Å². The van der Waals surface area contributed by atoms with Gasteiger partial charge < -0.3 is 9.64 Å². The van der Waals surface area contributed by atoms with Crippen molar-refractivity contribution in [3.8, 4) is 5.69 Å². The maximum absolute atomic E-state index is 12.3. The van der Waals surface area contributed by atoms with Crippen LogP contribution in [0.5, 0.6) is 0 Å². The van der Waals surface area contributed by atoms with Crippen LogP contribution in [-0.2, 0) is 9.53 Å². The van der Waals surface area contributed by atoms with Gasteiger partial charge in [-0.15, -0.1) is 0 Å². The van der Waals surface area contributed by atoms with E-state index >= 15 is 0 Å². The third kappa shape index (κ3) is 3.29. The molecule has 1 aromatic carbocycles. The highest BCUT2D eigenvalue weighted by molar-refractivity contribution is 5.87. The Kier molecular flexibility index (Phi) is 4.03. The van der Waals surface area contributed by atoms with Crippen molar-refractivity contribution >= 4 is 11.9 Å². The molecule has 1 amide bonds. The fourth-order valence-electron chi connectivity index (χ4n) is 3.33. The minimum atomic E-state index is -0.435. The predicted octanol–water partition coefficient (Wildman–Crippen LogP) is 2.35. The zero-order valence-corrected chi connectivity index (χ0v) is 14.2. The standard InChI is InChI=1S/C19H21N3O3/c1-13-9-17(20-22(13)16-5-3-2-4-6-16)19(24)25-12-14-10-18(23)21(11-14)15-7-8-15/h2-6,9,14-15H,7-8,10-12H2,1H3. The summed E-state index contributed by atoms with van der Waals surface area (Å²) in [6.07, 6.45) is 2.68. The molecule has 130 valence electrons. The molecule has 1 aromatic heterocycles. The Balaban J connectivity index is 1.38. The number of ether oxygens (including phenoxy) is 1. The molecule has 4 rings (SSSR count). The fraction of sp³-hybridized carbons (Fsp3) is 0.421. The maximum Gasteiger partial charge on any atom is 0.358 e. The molecule has 0 radical (unpaired) electrons. The number of hydrogen-bond acceptors (Lipinski definition) is 4. The molecule has 6 heteroatoms. The summed E-state index contributed by atoms with van der Waals surface area (Å²) in [4.78, 5) is 26.2. The summed E-state index contributed by atoms with van der Waals surface area (Å²) in [6, 6.07) is 11.8. The molecule has 2 aromatic rings. The third-order valence-electron chi connectivity index (χ3n) is 4.77. The molecule has 1 saturated carbocycles. The number of likely N-dealkylation sites (tertiary alicyclic amines) is 1. The molecule has 0 spiro atoms. The van der Waals surface area contributed by atoms with E-state index in [0.717, 1.165) is 24.2 Å². The van der Waals surface area contributed by atoms with Crippen molar-refractivity contribution in [2.75, 3.05) is 13.2 Å². The van der Waals surface area contributed by atoms with Crippen LogP contribution < -0.4 is 0 Å². The molecule has 1 aliphatic heterocycles. The van der Waals surface area contributed by atoms with Crippen LogP contribution in [0.1, 0.15) is 35.4 Å². The van der Waals surface area contributed by atoms with E-state index in [1.807, 2.05) is 42.2 Å². The number of para-hydroxylation sites is 1. The van der Waals surface area contributed by atoms with E-state index in [0.29, 0.717) is 24.7 Å². The summed E-state index contributed by atoms with van der Waals surface area (Å²) in [6.45, 7) is 2.87. The van der Waals surface area contributed by atoms with Crippen molar-refractivity contribution in [1.82, 2.24) is 14.7 Å². The Morgan fingerprint density at radius 1 is 1.28 bits per heavy atom. The topological polar surface area (TPSA) is 64.4 Å². The fourth-order valence-corrected chi connectivity index (χ4v) is 3.33. The van der Waals surface area contributed by atoms with Crippen molar-refractivity contribution in [2.45, 2.75) is 32.2 Å². The number of hydrogen-bond donors (Lipinski definition) is 0. The molecule has 2 fully saturated rings. The maximum atomic E-state index is 12.3. The Hall–Kier alpha value is -2.63. The van der Waals surface area contributed by atoms with Crippen molar-refractivity contribution in [1.29, 1.82) is 0 Å². The summed E-state index contributed by atoms with van der Waals surface area (Å²) < 4.78 is 7.15. The van der Waals surface area contributed by atoms with E-state index in [1.165, 1.54) is 0 Å². The minimum absolute atomic E-state index is 0.0920. The molecule has 1 saturated heterocycles. The molecule has 25 heavy (non-hydrogen) atoms. The van der Waals surface area contributed by atoms with Gasteiger partial charge in [-0.25, -0.2) is 9.48 Å². The van der Waals surface area contributed by atoms with Gasteiger partial charge >= 0.3 is 5.97 Å². The van der Waals surface area contributed by atoms with Crippen LogP contribution in [0.25, 0.3) is 5.69 Å². The van der Waals surface area contributed by atoms with Crippen LogP contribution >= 0.6 is 0 Å². The van der Waals surface area contributed by atoms with Crippen molar-refractivity contribution in [3.05, 3.63) is 47.8 Å². The number of aromatic nitrogens is 2. The molecule has 1 atom stereocenters. The lowest BCUT2D eigenvalue weighted by Crippen LogP contribution is -2.28. The van der Waals surface area contributed by atoms with E-state index in [4.69, 9.17) is 4.74 Å². The highest BCUT2D eigenvalue weighted by Gasteiger charge is 2.39. The molecule has 0 bridgehead atoms. The molecule has 1 unspecified atom stereocenters. The van der Waals surface area contributed by atoms with Gasteiger partial charge in [0.25, 0.3) is 0 Å². The normalized spacial score (nSPS) is 20.1. The highest BCUT2D eigenvalue weighted by Crippen LogP contribution is 2.32. The summed E-state index contributed by atoms with van der Waals surface area (Å²) in [5, 5.41) is 4.36. The molecular formula is C19H21N3O3. The van der Waals surface area contributed by atoms with E-state index in [1.54, 1.807) is 10.7 Å². The first-order valence-electron chi connectivity index (χ1n) is 8.70. The summed E-state index contributed by atoms with van der Waals surface area (Å²) in [7, 11) is 0. The van der Waals surface area contributed by atoms with Crippen LogP contribution in [-0.4, -0.2) is 45.8 Å². The van der Waals surface area contributed by atoms with Crippen LogP contribution in [0, 0.1) is 12.8 Å². The lowest BCUT2D eigenvalue weighted by atomic mass is 10.1. The first-order chi connectivity index (χ1) is 12.1. The Morgan fingerprint density at radius 2 is 2.04 bits per heavy atom. The average Bonchev–Trinajstić information content (AvgIpc) is 3.29. The summed E-state index contributed by atoms with van der Waals surface area (Å²) >= 11 is 0. The number of carbonyl (C=O) groups excluding carboxylic acids is 2. The number of rotatable bonds is 5. The first-order valence-corrected chi connectivity index (χ1v) is 8.70. The highest BCUT2D eigenvalue weighted by atomic mass is 16.5. The number of nitrogens with zero attached hydrogens (tertiary/aromatic N) is 3. The zero-order valence-electron chi connectivity index (χ0n) is 14.2. The largest absolute Gasteiger partial charge is 0.461 e. The summed E-state index contributed by atoms with van der Waals surface area (Å²) in [5.74, 6) is -0.155. The van der Waals surface area contributed by atoms with Crippen LogP contribution in [0.4, 0.5) is 0 Å². The van der Waals surface area contributed by atoms with E-state index < -0.39 is 5.97 Å². The second kappa shape index (κ2) is 6.35.